The van der Waals surface area contributed by atoms with Gasteiger partial charge in [0.15, 0.2) is 0 Å². The van der Waals surface area contributed by atoms with Gasteiger partial charge in [0.1, 0.15) is 11.6 Å². The maximum Gasteiger partial charge on any atom is 0.134 e. The van der Waals surface area contributed by atoms with Crippen LogP contribution in [-0.4, -0.2) is 7.11 Å². The Morgan fingerprint density at radius 3 is 2.73 bits per heavy atom. The lowest BCUT2D eigenvalue weighted by Gasteiger charge is -2.03. The van der Waals surface area contributed by atoms with E-state index in [-0.39, 0.29) is 5.82 Å². The van der Waals surface area contributed by atoms with Crippen LogP contribution < -0.4 is 4.74 Å². The predicted octanol–water partition coefficient (Wildman–Crippen LogP) is 2.48. The lowest BCUT2D eigenvalue weighted by atomic mass is 10.2. The third-order valence-corrected chi connectivity index (χ3v) is 1.44. The van der Waals surface area contributed by atoms with Crippen molar-refractivity contribution in [3.8, 4) is 5.75 Å². The number of methoxy groups -OCH3 is 1. The minimum atomic E-state index is -0.306. The summed E-state index contributed by atoms with van der Waals surface area (Å²) >= 11 is 0. The molecule has 0 aliphatic heterocycles. The fraction of sp³-hybridized carbons (Fsp3) is 0.111. The average molecular weight is 152 g/mol. The van der Waals surface area contributed by atoms with E-state index in [4.69, 9.17) is 4.74 Å². The SMILES string of the molecule is C=Cc1c(F)cccc1OC. The van der Waals surface area contributed by atoms with E-state index in [1.54, 1.807) is 12.1 Å². The summed E-state index contributed by atoms with van der Waals surface area (Å²) in [6, 6.07) is 4.67. The minimum Gasteiger partial charge on any atom is -0.496 e. The standard InChI is InChI=1S/C9H9FO/c1-3-7-8(10)5-4-6-9(7)11-2/h3-6H,1H2,2H3. The van der Waals surface area contributed by atoms with Gasteiger partial charge >= 0.3 is 0 Å². The Hall–Kier alpha value is -1.31. The molecule has 1 aromatic carbocycles. The summed E-state index contributed by atoms with van der Waals surface area (Å²) in [4.78, 5) is 0. The third-order valence-electron chi connectivity index (χ3n) is 1.44. The molecule has 0 N–H and O–H groups in total. The molecule has 0 fully saturated rings. The Balaban J connectivity index is 3.24. The van der Waals surface area contributed by atoms with Crippen LogP contribution in [-0.2, 0) is 0 Å². The molecule has 0 heterocycles. The molecule has 1 rings (SSSR count). The molecule has 0 saturated carbocycles. The summed E-state index contributed by atoms with van der Waals surface area (Å²) in [5, 5.41) is 0. The molecule has 0 aliphatic rings. The summed E-state index contributed by atoms with van der Waals surface area (Å²) in [6.45, 7) is 3.48. The number of hydrogen-bond acceptors (Lipinski definition) is 1. The Kier molecular flexibility index (Phi) is 2.26. The molecule has 0 aromatic heterocycles. The molecular formula is C9H9FO. The van der Waals surface area contributed by atoms with Gasteiger partial charge in [-0.2, -0.15) is 0 Å². The monoisotopic (exact) mass is 152 g/mol. The molecule has 1 aromatic rings. The second-order valence-electron chi connectivity index (χ2n) is 2.06. The maximum atomic E-state index is 12.9. The van der Waals surface area contributed by atoms with Gasteiger partial charge in [-0.15, -0.1) is 0 Å². The first-order valence-electron chi connectivity index (χ1n) is 3.24. The Bertz CT molecular complexity index is 268. The highest BCUT2D eigenvalue weighted by Gasteiger charge is 2.02. The largest absolute Gasteiger partial charge is 0.496 e. The molecular weight excluding hydrogens is 143 g/mol. The highest BCUT2D eigenvalue weighted by atomic mass is 19.1. The second kappa shape index (κ2) is 3.19. The fourth-order valence-electron chi connectivity index (χ4n) is 0.893. The lowest BCUT2D eigenvalue weighted by Crippen LogP contribution is -1.89. The Labute approximate surface area is 65.1 Å². The second-order valence-corrected chi connectivity index (χ2v) is 2.06. The number of benzene rings is 1. The molecule has 0 saturated heterocycles. The average Bonchev–Trinajstić information content (AvgIpc) is 2.04. The fourth-order valence-corrected chi connectivity index (χ4v) is 0.893. The highest BCUT2D eigenvalue weighted by Crippen LogP contribution is 2.21. The van der Waals surface area contributed by atoms with Crippen molar-refractivity contribution in [3.63, 3.8) is 0 Å². The first kappa shape index (κ1) is 7.79. The zero-order valence-electron chi connectivity index (χ0n) is 6.30. The summed E-state index contributed by atoms with van der Waals surface area (Å²) in [7, 11) is 1.50. The van der Waals surface area contributed by atoms with Gasteiger partial charge in [0.2, 0.25) is 0 Å². The lowest BCUT2D eigenvalue weighted by molar-refractivity contribution is 0.410. The van der Waals surface area contributed by atoms with E-state index in [9.17, 15) is 4.39 Å². The molecule has 0 aliphatic carbocycles. The van der Waals surface area contributed by atoms with E-state index in [2.05, 4.69) is 6.58 Å². The topological polar surface area (TPSA) is 9.23 Å². The summed E-state index contributed by atoms with van der Waals surface area (Å²) < 4.78 is 17.8. The van der Waals surface area contributed by atoms with E-state index in [1.165, 1.54) is 19.3 Å². The zero-order valence-corrected chi connectivity index (χ0v) is 6.30. The highest BCUT2D eigenvalue weighted by molar-refractivity contribution is 5.56. The van der Waals surface area contributed by atoms with Crippen molar-refractivity contribution < 1.29 is 9.13 Å². The Morgan fingerprint density at radius 1 is 1.55 bits per heavy atom. The number of rotatable bonds is 2. The van der Waals surface area contributed by atoms with Gasteiger partial charge < -0.3 is 4.74 Å². The predicted molar refractivity (Wildman–Crippen MR) is 43.0 cm³/mol. The van der Waals surface area contributed by atoms with Gasteiger partial charge in [-0.05, 0) is 12.1 Å². The summed E-state index contributed by atoms with van der Waals surface area (Å²) in [5.74, 6) is 0.208. The van der Waals surface area contributed by atoms with Crippen LogP contribution in [0.15, 0.2) is 24.8 Å². The first-order chi connectivity index (χ1) is 5.29. The van der Waals surface area contributed by atoms with Crippen LogP contribution in [0.1, 0.15) is 5.56 Å². The zero-order chi connectivity index (χ0) is 8.27. The van der Waals surface area contributed by atoms with Crippen molar-refractivity contribution >= 4 is 6.08 Å². The van der Waals surface area contributed by atoms with Gasteiger partial charge in [-0.1, -0.05) is 18.7 Å². The van der Waals surface area contributed by atoms with Gasteiger partial charge in [0.25, 0.3) is 0 Å². The van der Waals surface area contributed by atoms with E-state index in [0.29, 0.717) is 11.3 Å². The molecule has 0 bridgehead atoms. The summed E-state index contributed by atoms with van der Waals surface area (Å²) in [5.41, 5.74) is 0.412. The van der Waals surface area contributed by atoms with E-state index < -0.39 is 0 Å². The summed E-state index contributed by atoms with van der Waals surface area (Å²) in [6.07, 6.45) is 1.44. The van der Waals surface area contributed by atoms with Gasteiger partial charge in [-0.3, -0.25) is 0 Å². The van der Waals surface area contributed by atoms with Crippen molar-refractivity contribution in [2.45, 2.75) is 0 Å². The third kappa shape index (κ3) is 1.40. The minimum absolute atomic E-state index is 0.306. The van der Waals surface area contributed by atoms with Gasteiger partial charge in [0, 0.05) is 0 Å². The van der Waals surface area contributed by atoms with Crippen molar-refractivity contribution in [2.24, 2.45) is 0 Å². The normalized spacial score (nSPS) is 9.27. The molecule has 1 nitrogen and oxygen atoms in total. The molecule has 0 atom stereocenters. The molecule has 0 amide bonds. The quantitative estimate of drug-likeness (QED) is 0.632. The van der Waals surface area contributed by atoms with E-state index in [0.717, 1.165) is 0 Å². The van der Waals surface area contributed by atoms with Crippen LogP contribution in [0, 0.1) is 5.82 Å². The van der Waals surface area contributed by atoms with Crippen LogP contribution >= 0.6 is 0 Å². The van der Waals surface area contributed by atoms with Crippen LogP contribution in [0.4, 0.5) is 4.39 Å². The smallest absolute Gasteiger partial charge is 0.134 e. The van der Waals surface area contributed by atoms with E-state index >= 15 is 0 Å². The maximum absolute atomic E-state index is 12.9. The molecule has 58 valence electrons. The van der Waals surface area contributed by atoms with Crippen molar-refractivity contribution in [1.29, 1.82) is 0 Å². The first-order valence-corrected chi connectivity index (χ1v) is 3.24. The molecule has 2 heteroatoms. The van der Waals surface area contributed by atoms with Gasteiger partial charge in [0.05, 0.1) is 12.7 Å². The van der Waals surface area contributed by atoms with Gasteiger partial charge in [-0.25, -0.2) is 4.39 Å². The van der Waals surface area contributed by atoms with Crippen molar-refractivity contribution in [1.82, 2.24) is 0 Å². The van der Waals surface area contributed by atoms with Crippen molar-refractivity contribution in [2.75, 3.05) is 7.11 Å². The van der Waals surface area contributed by atoms with Crippen LogP contribution in [0.5, 0.6) is 5.75 Å². The number of halogens is 1. The van der Waals surface area contributed by atoms with Crippen LogP contribution in [0.25, 0.3) is 6.08 Å². The van der Waals surface area contributed by atoms with Crippen LogP contribution in [0.3, 0.4) is 0 Å². The molecule has 0 radical (unpaired) electrons. The number of ether oxygens (including phenoxy) is 1. The molecule has 0 spiro atoms. The molecule has 11 heavy (non-hydrogen) atoms. The van der Waals surface area contributed by atoms with E-state index in [1.807, 2.05) is 0 Å². The van der Waals surface area contributed by atoms with Crippen molar-refractivity contribution in [3.05, 3.63) is 36.2 Å². The van der Waals surface area contributed by atoms with Crippen LogP contribution in [0.2, 0.25) is 0 Å². The Morgan fingerprint density at radius 2 is 2.27 bits per heavy atom. The number of hydrogen-bond donors (Lipinski definition) is 0. The molecule has 0 unspecified atom stereocenters.